The van der Waals surface area contributed by atoms with Crippen LogP contribution in [0.25, 0.3) is 0 Å². The minimum absolute atomic E-state index is 0.0640. The Bertz CT molecular complexity index is 267. The molecule has 2 rings (SSSR count). The standard InChI is InChI=1S/C13H22ClNO/c1-10(8-14)9-15-7-3-5-12(15)11-4-2-6-13(11)16/h8,11-13,16H,2-7,9H2,1H3. The van der Waals surface area contributed by atoms with Gasteiger partial charge in [-0.1, -0.05) is 18.0 Å². The topological polar surface area (TPSA) is 23.5 Å². The van der Waals surface area contributed by atoms with E-state index < -0.39 is 0 Å². The highest BCUT2D eigenvalue weighted by molar-refractivity contribution is 6.25. The third-order valence-corrected chi connectivity index (χ3v) is 4.45. The highest BCUT2D eigenvalue weighted by atomic mass is 35.5. The molecule has 0 aromatic carbocycles. The van der Waals surface area contributed by atoms with Crippen LogP contribution < -0.4 is 0 Å². The van der Waals surface area contributed by atoms with E-state index in [1.54, 1.807) is 5.54 Å². The summed E-state index contributed by atoms with van der Waals surface area (Å²) in [5.74, 6) is 0.505. The lowest BCUT2D eigenvalue weighted by molar-refractivity contribution is 0.0781. The molecule has 2 aliphatic rings. The molecule has 1 aliphatic carbocycles. The summed E-state index contributed by atoms with van der Waals surface area (Å²) in [4.78, 5) is 2.51. The molecule has 0 amide bonds. The summed E-state index contributed by atoms with van der Waals surface area (Å²) in [6.45, 7) is 4.21. The summed E-state index contributed by atoms with van der Waals surface area (Å²) in [6.07, 6.45) is 5.85. The van der Waals surface area contributed by atoms with Crippen molar-refractivity contribution in [2.75, 3.05) is 13.1 Å². The Kier molecular flexibility index (Phi) is 4.28. The molecule has 1 saturated heterocycles. The zero-order valence-corrected chi connectivity index (χ0v) is 10.8. The Labute approximate surface area is 103 Å². The van der Waals surface area contributed by atoms with Crippen molar-refractivity contribution in [2.45, 2.75) is 51.2 Å². The molecule has 3 heteroatoms. The predicted molar refractivity (Wildman–Crippen MR) is 67.6 cm³/mol. The molecular weight excluding hydrogens is 222 g/mol. The van der Waals surface area contributed by atoms with Gasteiger partial charge in [0.25, 0.3) is 0 Å². The molecule has 1 aliphatic heterocycles. The van der Waals surface area contributed by atoms with Crippen LogP contribution in [0.4, 0.5) is 0 Å². The molecule has 1 N–H and O–H groups in total. The van der Waals surface area contributed by atoms with E-state index in [0.717, 1.165) is 19.5 Å². The number of hydrogen-bond acceptors (Lipinski definition) is 2. The molecular formula is C13H22ClNO. The number of rotatable bonds is 3. The smallest absolute Gasteiger partial charge is 0.0583 e. The Balaban J connectivity index is 1.97. The van der Waals surface area contributed by atoms with E-state index in [-0.39, 0.29) is 6.10 Å². The van der Waals surface area contributed by atoms with Gasteiger partial charge < -0.3 is 5.11 Å². The fourth-order valence-corrected chi connectivity index (χ4v) is 3.37. The van der Waals surface area contributed by atoms with Gasteiger partial charge in [-0.05, 0) is 44.7 Å². The number of hydrogen-bond donors (Lipinski definition) is 1. The van der Waals surface area contributed by atoms with Crippen molar-refractivity contribution in [1.29, 1.82) is 0 Å². The summed E-state index contributed by atoms with van der Waals surface area (Å²) in [7, 11) is 0. The van der Waals surface area contributed by atoms with E-state index in [0.29, 0.717) is 12.0 Å². The van der Waals surface area contributed by atoms with Crippen molar-refractivity contribution in [3.8, 4) is 0 Å². The van der Waals surface area contributed by atoms with Crippen molar-refractivity contribution in [1.82, 2.24) is 4.90 Å². The van der Waals surface area contributed by atoms with Crippen LogP contribution in [0, 0.1) is 5.92 Å². The summed E-state index contributed by atoms with van der Waals surface area (Å²) < 4.78 is 0. The van der Waals surface area contributed by atoms with Crippen LogP contribution in [0.15, 0.2) is 11.1 Å². The highest BCUT2D eigenvalue weighted by Gasteiger charge is 2.37. The van der Waals surface area contributed by atoms with Gasteiger partial charge in [0.1, 0.15) is 0 Å². The van der Waals surface area contributed by atoms with E-state index in [9.17, 15) is 5.11 Å². The molecule has 3 unspecified atom stereocenters. The molecule has 92 valence electrons. The quantitative estimate of drug-likeness (QED) is 0.824. The molecule has 1 saturated carbocycles. The van der Waals surface area contributed by atoms with Crippen LogP contribution in [0.1, 0.15) is 39.0 Å². The largest absolute Gasteiger partial charge is 0.393 e. The normalized spacial score (nSPS) is 37.2. The number of nitrogens with zero attached hydrogens (tertiary/aromatic N) is 1. The molecule has 0 aromatic heterocycles. The van der Waals surface area contributed by atoms with E-state index in [2.05, 4.69) is 11.8 Å². The van der Waals surface area contributed by atoms with Gasteiger partial charge in [0.15, 0.2) is 0 Å². The highest BCUT2D eigenvalue weighted by Crippen LogP contribution is 2.35. The molecule has 0 aromatic rings. The maximum absolute atomic E-state index is 9.99. The number of halogens is 1. The molecule has 0 bridgehead atoms. The fourth-order valence-electron chi connectivity index (χ4n) is 3.31. The summed E-state index contributed by atoms with van der Waals surface area (Å²) in [5, 5.41) is 9.99. The average molecular weight is 244 g/mol. The molecule has 0 spiro atoms. The van der Waals surface area contributed by atoms with E-state index in [1.165, 1.54) is 31.3 Å². The number of aliphatic hydroxyl groups excluding tert-OH is 1. The van der Waals surface area contributed by atoms with Gasteiger partial charge in [-0.15, -0.1) is 0 Å². The van der Waals surface area contributed by atoms with E-state index in [4.69, 9.17) is 11.6 Å². The predicted octanol–water partition coefficient (Wildman–Crippen LogP) is 2.75. The molecule has 1 heterocycles. The zero-order valence-electron chi connectivity index (χ0n) is 10.0. The number of likely N-dealkylation sites (tertiary alicyclic amines) is 1. The molecule has 16 heavy (non-hydrogen) atoms. The van der Waals surface area contributed by atoms with Crippen LogP contribution in [0.2, 0.25) is 0 Å². The lowest BCUT2D eigenvalue weighted by Crippen LogP contribution is -2.39. The Morgan fingerprint density at radius 1 is 1.38 bits per heavy atom. The second-order valence-electron chi connectivity index (χ2n) is 5.30. The first-order valence-electron chi connectivity index (χ1n) is 6.40. The average Bonchev–Trinajstić information content (AvgIpc) is 2.86. The van der Waals surface area contributed by atoms with Gasteiger partial charge in [0.2, 0.25) is 0 Å². The van der Waals surface area contributed by atoms with E-state index in [1.807, 2.05) is 0 Å². The van der Waals surface area contributed by atoms with Crippen LogP contribution >= 0.6 is 11.6 Å². The first kappa shape index (κ1) is 12.4. The lowest BCUT2D eigenvalue weighted by atomic mass is 9.94. The van der Waals surface area contributed by atoms with Gasteiger partial charge >= 0.3 is 0 Å². The van der Waals surface area contributed by atoms with Crippen LogP contribution in [-0.4, -0.2) is 35.2 Å². The second-order valence-corrected chi connectivity index (χ2v) is 5.52. The molecule has 3 atom stereocenters. The first-order valence-corrected chi connectivity index (χ1v) is 6.84. The summed E-state index contributed by atoms with van der Waals surface area (Å²) in [6, 6.07) is 0.587. The van der Waals surface area contributed by atoms with Gasteiger partial charge in [0, 0.05) is 24.0 Å². The van der Waals surface area contributed by atoms with Crippen LogP contribution in [0.3, 0.4) is 0 Å². The van der Waals surface area contributed by atoms with Crippen molar-refractivity contribution >= 4 is 11.6 Å². The van der Waals surface area contributed by atoms with Crippen molar-refractivity contribution < 1.29 is 5.11 Å². The first-order chi connectivity index (χ1) is 7.72. The number of aliphatic hydroxyl groups is 1. The third kappa shape index (κ3) is 2.61. The van der Waals surface area contributed by atoms with Gasteiger partial charge in [-0.25, -0.2) is 0 Å². The Morgan fingerprint density at radius 3 is 2.81 bits per heavy atom. The minimum Gasteiger partial charge on any atom is -0.393 e. The zero-order chi connectivity index (χ0) is 11.5. The van der Waals surface area contributed by atoms with E-state index >= 15 is 0 Å². The Morgan fingerprint density at radius 2 is 2.19 bits per heavy atom. The van der Waals surface area contributed by atoms with Crippen molar-refractivity contribution in [2.24, 2.45) is 5.92 Å². The van der Waals surface area contributed by atoms with Gasteiger partial charge in [-0.3, -0.25) is 4.90 Å². The van der Waals surface area contributed by atoms with Gasteiger partial charge in [-0.2, -0.15) is 0 Å². The molecule has 2 nitrogen and oxygen atoms in total. The van der Waals surface area contributed by atoms with Crippen LogP contribution in [0.5, 0.6) is 0 Å². The monoisotopic (exact) mass is 243 g/mol. The SMILES string of the molecule is CC(=CCl)CN1CCCC1C1CCCC1O. The van der Waals surface area contributed by atoms with Crippen molar-refractivity contribution in [3.63, 3.8) is 0 Å². The lowest BCUT2D eigenvalue weighted by Gasteiger charge is -2.31. The summed E-state index contributed by atoms with van der Waals surface area (Å²) in [5.41, 5.74) is 2.90. The van der Waals surface area contributed by atoms with Crippen LogP contribution in [-0.2, 0) is 0 Å². The third-order valence-electron chi connectivity index (χ3n) is 4.08. The fraction of sp³-hybridized carbons (Fsp3) is 0.846. The van der Waals surface area contributed by atoms with Gasteiger partial charge in [0.05, 0.1) is 6.10 Å². The molecule has 2 fully saturated rings. The van der Waals surface area contributed by atoms with Crippen molar-refractivity contribution in [3.05, 3.63) is 11.1 Å². The maximum atomic E-state index is 9.99. The minimum atomic E-state index is -0.0640. The maximum Gasteiger partial charge on any atom is 0.0583 e. The Hall–Kier alpha value is -0.0500. The summed E-state index contributed by atoms with van der Waals surface area (Å²) >= 11 is 5.73. The molecule has 0 radical (unpaired) electrons. The second kappa shape index (κ2) is 5.52.